The quantitative estimate of drug-likeness (QED) is 0.682. The Morgan fingerprint density at radius 3 is 2.15 bits per heavy atom. The Morgan fingerprint density at radius 1 is 1.19 bits per heavy atom. The van der Waals surface area contributed by atoms with E-state index in [0.29, 0.717) is 24.9 Å². The molecule has 0 atom stereocenters. The van der Waals surface area contributed by atoms with Gasteiger partial charge in [-0.05, 0) is 45.7 Å². The molecule has 0 unspecified atom stereocenters. The summed E-state index contributed by atoms with van der Waals surface area (Å²) in [6, 6.07) is 5.94. The Hall–Kier alpha value is -1.48. The average Bonchev–Trinajstić information content (AvgIpc) is 2.61. The first-order valence-electron chi connectivity index (χ1n) is 8.70. The highest BCUT2D eigenvalue weighted by Gasteiger charge is 2.33. The molecule has 7 nitrogen and oxygen atoms in total. The molecule has 1 aromatic carbocycles. The topological polar surface area (TPSA) is 110 Å². The molecular weight excluding hydrogens is 390 g/mol. The standard InChI is InChI=1S/C18H27N3O4S.ClH/c1-13(22)14-4-6-16(7-5-14)26(24,25)21-10-8-15(9-11-21)17(23)20-18(2,3)12-19;/h4-7,15H,8-12,19H2,1-3H3,(H,20,23);1H. The highest BCUT2D eigenvalue weighted by Crippen LogP contribution is 2.24. The van der Waals surface area contributed by atoms with Crippen molar-refractivity contribution in [3.05, 3.63) is 29.8 Å². The van der Waals surface area contributed by atoms with Gasteiger partial charge in [-0.1, -0.05) is 12.1 Å². The number of benzene rings is 1. The van der Waals surface area contributed by atoms with Crippen molar-refractivity contribution >= 4 is 34.1 Å². The van der Waals surface area contributed by atoms with Crippen LogP contribution >= 0.6 is 12.4 Å². The number of amides is 1. The van der Waals surface area contributed by atoms with Crippen molar-refractivity contribution in [1.29, 1.82) is 0 Å². The molecule has 2 rings (SSSR count). The van der Waals surface area contributed by atoms with Crippen molar-refractivity contribution in [3.8, 4) is 0 Å². The summed E-state index contributed by atoms with van der Waals surface area (Å²) >= 11 is 0. The zero-order valence-electron chi connectivity index (χ0n) is 15.9. The predicted octanol–water partition coefficient (Wildman–Crippen LogP) is 1.57. The number of nitrogens with two attached hydrogens (primary N) is 1. The summed E-state index contributed by atoms with van der Waals surface area (Å²) in [5.41, 5.74) is 5.63. The van der Waals surface area contributed by atoms with Gasteiger partial charge in [0.05, 0.1) is 4.90 Å². The highest BCUT2D eigenvalue weighted by atomic mass is 35.5. The van der Waals surface area contributed by atoms with Gasteiger partial charge in [-0.25, -0.2) is 8.42 Å². The molecule has 1 aliphatic heterocycles. The minimum Gasteiger partial charge on any atom is -0.350 e. The fourth-order valence-corrected chi connectivity index (χ4v) is 4.33. The minimum atomic E-state index is -3.62. The summed E-state index contributed by atoms with van der Waals surface area (Å²) in [6.07, 6.45) is 0.939. The summed E-state index contributed by atoms with van der Waals surface area (Å²) < 4.78 is 26.9. The van der Waals surface area contributed by atoms with E-state index in [4.69, 9.17) is 5.73 Å². The van der Waals surface area contributed by atoms with Crippen molar-refractivity contribution in [2.24, 2.45) is 11.7 Å². The van der Waals surface area contributed by atoms with Crippen LogP contribution < -0.4 is 11.1 Å². The number of ketones is 1. The van der Waals surface area contributed by atoms with E-state index in [1.165, 1.54) is 35.5 Å². The molecule has 3 N–H and O–H groups in total. The molecule has 0 radical (unpaired) electrons. The predicted molar refractivity (Wildman–Crippen MR) is 106 cm³/mol. The molecule has 1 aromatic rings. The molecule has 0 aromatic heterocycles. The van der Waals surface area contributed by atoms with Gasteiger partial charge in [0.1, 0.15) is 0 Å². The molecule has 0 bridgehead atoms. The molecule has 1 heterocycles. The lowest BCUT2D eigenvalue weighted by Crippen LogP contribution is -2.52. The van der Waals surface area contributed by atoms with Crippen LogP contribution in [-0.2, 0) is 14.8 Å². The third kappa shape index (κ3) is 5.75. The van der Waals surface area contributed by atoms with Crippen LogP contribution in [0, 0.1) is 5.92 Å². The highest BCUT2D eigenvalue weighted by molar-refractivity contribution is 7.89. The second-order valence-corrected chi connectivity index (χ2v) is 9.27. The summed E-state index contributed by atoms with van der Waals surface area (Å²) in [5, 5.41) is 2.91. The fourth-order valence-electron chi connectivity index (χ4n) is 2.86. The van der Waals surface area contributed by atoms with Gasteiger partial charge >= 0.3 is 0 Å². The third-order valence-corrected chi connectivity index (χ3v) is 6.61. The first-order chi connectivity index (χ1) is 12.1. The second-order valence-electron chi connectivity index (χ2n) is 7.34. The molecule has 0 spiro atoms. The summed E-state index contributed by atoms with van der Waals surface area (Å²) in [7, 11) is -3.62. The van der Waals surface area contributed by atoms with Crippen molar-refractivity contribution in [2.45, 2.75) is 44.0 Å². The van der Waals surface area contributed by atoms with Gasteiger partial charge in [0.2, 0.25) is 15.9 Å². The van der Waals surface area contributed by atoms with E-state index in [1.807, 2.05) is 13.8 Å². The van der Waals surface area contributed by atoms with Gasteiger partial charge in [0.25, 0.3) is 0 Å². The molecule has 1 amide bonds. The summed E-state index contributed by atoms with van der Waals surface area (Å²) in [4.78, 5) is 23.8. The summed E-state index contributed by atoms with van der Waals surface area (Å²) in [6.45, 7) is 6.06. The van der Waals surface area contributed by atoms with Crippen LogP contribution in [0.25, 0.3) is 0 Å². The maximum absolute atomic E-state index is 12.7. The number of hydrogen-bond donors (Lipinski definition) is 2. The van der Waals surface area contributed by atoms with Crippen molar-refractivity contribution in [2.75, 3.05) is 19.6 Å². The van der Waals surface area contributed by atoms with Crippen molar-refractivity contribution < 1.29 is 18.0 Å². The zero-order valence-corrected chi connectivity index (χ0v) is 17.5. The van der Waals surface area contributed by atoms with Gasteiger partial charge in [0.15, 0.2) is 5.78 Å². The van der Waals surface area contributed by atoms with Crippen LogP contribution in [0.4, 0.5) is 0 Å². The van der Waals surface area contributed by atoms with Gasteiger partial charge in [-0.3, -0.25) is 9.59 Å². The van der Waals surface area contributed by atoms with Crippen LogP contribution in [0.2, 0.25) is 0 Å². The number of nitrogens with one attached hydrogen (secondary N) is 1. The summed E-state index contributed by atoms with van der Waals surface area (Å²) in [5.74, 6) is -0.406. The number of nitrogens with zero attached hydrogens (tertiary/aromatic N) is 1. The lowest BCUT2D eigenvalue weighted by atomic mass is 9.95. The van der Waals surface area contributed by atoms with E-state index >= 15 is 0 Å². The van der Waals surface area contributed by atoms with Crippen LogP contribution in [0.1, 0.15) is 44.0 Å². The molecule has 0 saturated carbocycles. The molecule has 0 aliphatic carbocycles. The minimum absolute atomic E-state index is 0. The number of hydrogen-bond acceptors (Lipinski definition) is 5. The Kier molecular flexibility index (Phi) is 7.98. The van der Waals surface area contributed by atoms with Gasteiger partial charge in [0, 0.05) is 36.7 Å². The smallest absolute Gasteiger partial charge is 0.243 e. The maximum Gasteiger partial charge on any atom is 0.243 e. The second kappa shape index (κ2) is 9.14. The van der Waals surface area contributed by atoms with E-state index in [-0.39, 0.29) is 48.0 Å². The van der Waals surface area contributed by atoms with Crippen molar-refractivity contribution in [3.63, 3.8) is 0 Å². The number of piperidine rings is 1. The Morgan fingerprint density at radius 2 is 1.70 bits per heavy atom. The first-order valence-corrected chi connectivity index (χ1v) is 10.1. The Bertz CT molecular complexity index is 770. The molecular formula is C18H28ClN3O4S. The molecule has 152 valence electrons. The SMILES string of the molecule is CC(=O)c1ccc(S(=O)(=O)N2CCC(C(=O)NC(C)(C)CN)CC2)cc1.Cl. The first kappa shape index (κ1) is 23.6. The van der Waals surface area contributed by atoms with E-state index < -0.39 is 15.6 Å². The number of carbonyl (C=O) groups excluding carboxylic acids is 2. The Balaban J connectivity index is 0.00000364. The van der Waals surface area contributed by atoms with Crippen LogP contribution in [0.15, 0.2) is 29.2 Å². The molecule has 1 fully saturated rings. The van der Waals surface area contributed by atoms with E-state index in [1.54, 1.807) is 0 Å². The molecule has 27 heavy (non-hydrogen) atoms. The maximum atomic E-state index is 12.7. The lowest BCUT2D eigenvalue weighted by molar-refractivity contribution is -0.127. The van der Waals surface area contributed by atoms with Gasteiger partial charge in [-0.2, -0.15) is 4.31 Å². The lowest BCUT2D eigenvalue weighted by Gasteiger charge is -2.33. The number of Topliss-reactive ketones (excluding diaryl/α,β-unsaturated/α-hetero) is 1. The number of carbonyl (C=O) groups is 2. The Labute approximate surface area is 167 Å². The molecule has 1 saturated heterocycles. The van der Waals surface area contributed by atoms with Gasteiger partial charge in [-0.15, -0.1) is 12.4 Å². The van der Waals surface area contributed by atoms with Gasteiger partial charge < -0.3 is 11.1 Å². The van der Waals surface area contributed by atoms with Crippen molar-refractivity contribution in [1.82, 2.24) is 9.62 Å². The largest absolute Gasteiger partial charge is 0.350 e. The zero-order chi connectivity index (χ0) is 19.5. The number of sulfonamides is 1. The van der Waals surface area contributed by atoms with E-state index in [2.05, 4.69) is 5.32 Å². The van der Waals surface area contributed by atoms with E-state index in [0.717, 1.165) is 0 Å². The van der Waals surface area contributed by atoms with Crippen LogP contribution in [-0.4, -0.2) is 49.6 Å². The van der Waals surface area contributed by atoms with Crippen LogP contribution in [0.5, 0.6) is 0 Å². The van der Waals surface area contributed by atoms with E-state index in [9.17, 15) is 18.0 Å². The average molecular weight is 418 g/mol. The third-order valence-electron chi connectivity index (χ3n) is 4.70. The normalized spacial score (nSPS) is 16.4. The van der Waals surface area contributed by atoms with Crippen LogP contribution in [0.3, 0.4) is 0 Å². The number of halogens is 1. The molecule has 1 aliphatic rings. The fraction of sp³-hybridized carbons (Fsp3) is 0.556. The monoisotopic (exact) mass is 417 g/mol. The number of rotatable bonds is 6. The molecule has 9 heteroatoms.